The molecule has 0 aliphatic heterocycles. The van der Waals surface area contributed by atoms with Gasteiger partial charge in [0.1, 0.15) is 11.6 Å². The first-order valence-electron chi connectivity index (χ1n) is 6.43. The van der Waals surface area contributed by atoms with E-state index in [2.05, 4.69) is 12.2 Å². The second kappa shape index (κ2) is 6.62. The molecular formula is C16H17ClFNO. The van der Waals surface area contributed by atoms with Crippen LogP contribution in [0.1, 0.15) is 12.5 Å². The van der Waals surface area contributed by atoms with Crippen LogP contribution in [0.25, 0.3) is 0 Å². The molecule has 0 aromatic heterocycles. The summed E-state index contributed by atoms with van der Waals surface area (Å²) in [5.41, 5.74) is 1.93. The average Bonchev–Trinajstić information content (AvgIpc) is 2.43. The van der Waals surface area contributed by atoms with Crippen LogP contribution in [0.3, 0.4) is 0 Å². The van der Waals surface area contributed by atoms with Crippen LogP contribution >= 0.6 is 11.6 Å². The fourth-order valence-electron chi connectivity index (χ4n) is 2.12. The van der Waals surface area contributed by atoms with Gasteiger partial charge >= 0.3 is 0 Å². The van der Waals surface area contributed by atoms with Gasteiger partial charge in [0.2, 0.25) is 0 Å². The molecule has 0 bridgehead atoms. The van der Waals surface area contributed by atoms with Gasteiger partial charge in [-0.05, 0) is 43.2 Å². The average molecular weight is 294 g/mol. The summed E-state index contributed by atoms with van der Waals surface area (Å²) >= 11 is 5.77. The van der Waals surface area contributed by atoms with E-state index in [0.717, 1.165) is 23.4 Å². The molecule has 1 N–H and O–H groups in total. The molecular weight excluding hydrogens is 277 g/mol. The van der Waals surface area contributed by atoms with Gasteiger partial charge in [0.25, 0.3) is 0 Å². The van der Waals surface area contributed by atoms with Crippen LogP contribution in [0.4, 0.5) is 10.1 Å². The van der Waals surface area contributed by atoms with Crippen LogP contribution in [0, 0.1) is 5.82 Å². The number of ether oxygens (including phenoxy) is 1. The maximum atomic E-state index is 13.1. The molecule has 1 unspecified atom stereocenters. The summed E-state index contributed by atoms with van der Waals surface area (Å²) in [7, 11) is 1.66. The molecule has 106 valence electrons. The van der Waals surface area contributed by atoms with Crippen molar-refractivity contribution >= 4 is 17.3 Å². The lowest BCUT2D eigenvalue weighted by Crippen LogP contribution is -2.18. The minimum absolute atomic E-state index is 0.125. The number of benzene rings is 2. The van der Waals surface area contributed by atoms with Crippen LogP contribution < -0.4 is 10.1 Å². The summed E-state index contributed by atoms with van der Waals surface area (Å²) in [6.07, 6.45) is 0.805. The zero-order valence-electron chi connectivity index (χ0n) is 11.5. The highest BCUT2D eigenvalue weighted by molar-refractivity contribution is 6.31. The second-order valence-electron chi connectivity index (χ2n) is 4.69. The van der Waals surface area contributed by atoms with Crippen molar-refractivity contribution in [2.45, 2.75) is 19.4 Å². The molecule has 1 atom stereocenters. The number of nitrogens with one attached hydrogen (secondary N) is 1. The standard InChI is InChI=1S/C16H17ClFNO/c1-11(9-12-5-3-4-6-16(12)20-2)19-13-7-8-15(18)14(17)10-13/h3-8,10-11,19H,9H2,1-2H3. The maximum absolute atomic E-state index is 13.1. The lowest BCUT2D eigenvalue weighted by molar-refractivity contribution is 0.409. The molecule has 0 fully saturated rings. The van der Waals surface area contributed by atoms with Crippen molar-refractivity contribution in [3.8, 4) is 5.75 Å². The fourth-order valence-corrected chi connectivity index (χ4v) is 2.30. The smallest absolute Gasteiger partial charge is 0.141 e. The fraction of sp³-hybridized carbons (Fsp3) is 0.250. The molecule has 0 spiro atoms. The van der Waals surface area contributed by atoms with E-state index in [1.54, 1.807) is 19.2 Å². The lowest BCUT2D eigenvalue weighted by atomic mass is 10.1. The number of hydrogen-bond donors (Lipinski definition) is 1. The molecule has 0 saturated carbocycles. The normalized spacial score (nSPS) is 12.0. The Balaban J connectivity index is 2.05. The lowest BCUT2D eigenvalue weighted by Gasteiger charge is -2.17. The summed E-state index contributed by atoms with van der Waals surface area (Å²) < 4.78 is 18.4. The Morgan fingerprint density at radius 2 is 2.00 bits per heavy atom. The van der Waals surface area contributed by atoms with Crippen molar-refractivity contribution in [1.29, 1.82) is 0 Å². The highest BCUT2D eigenvalue weighted by Gasteiger charge is 2.09. The van der Waals surface area contributed by atoms with Crippen molar-refractivity contribution in [3.05, 3.63) is 58.9 Å². The van der Waals surface area contributed by atoms with Crippen molar-refractivity contribution in [2.24, 2.45) is 0 Å². The van der Waals surface area contributed by atoms with Crippen LogP contribution in [0.2, 0.25) is 5.02 Å². The number of halogens is 2. The van der Waals surface area contributed by atoms with E-state index < -0.39 is 5.82 Å². The molecule has 2 nitrogen and oxygen atoms in total. The van der Waals surface area contributed by atoms with Gasteiger partial charge in [0, 0.05) is 11.7 Å². The van der Waals surface area contributed by atoms with Crippen molar-refractivity contribution < 1.29 is 9.13 Å². The molecule has 0 aliphatic rings. The second-order valence-corrected chi connectivity index (χ2v) is 5.10. The minimum Gasteiger partial charge on any atom is -0.496 e. The molecule has 2 aromatic rings. The third kappa shape index (κ3) is 3.64. The Kier molecular flexibility index (Phi) is 4.85. The van der Waals surface area contributed by atoms with Gasteiger partial charge in [-0.15, -0.1) is 0 Å². The number of methoxy groups -OCH3 is 1. The molecule has 2 rings (SSSR count). The number of anilines is 1. The predicted octanol–water partition coefficient (Wildman–Crippen LogP) is 4.53. The quantitative estimate of drug-likeness (QED) is 0.874. The van der Waals surface area contributed by atoms with Crippen LogP contribution in [0.15, 0.2) is 42.5 Å². The maximum Gasteiger partial charge on any atom is 0.141 e. The van der Waals surface area contributed by atoms with E-state index in [0.29, 0.717) is 0 Å². The van der Waals surface area contributed by atoms with Gasteiger partial charge in [0.15, 0.2) is 0 Å². The molecule has 0 amide bonds. The van der Waals surface area contributed by atoms with E-state index >= 15 is 0 Å². The summed E-state index contributed by atoms with van der Waals surface area (Å²) in [4.78, 5) is 0. The van der Waals surface area contributed by atoms with Gasteiger partial charge in [0.05, 0.1) is 12.1 Å². The molecule has 20 heavy (non-hydrogen) atoms. The zero-order valence-corrected chi connectivity index (χ0v) is 12.2. The third-order valence-corrected chi connectivity index (χ3v) is 3.34. The Hall–Kier alpha value is -1.74. The van der Waals surface area contributed by atoms with E-state index in [-0.39, 0.29) is 11.1 Å². The van der Waals surface area contributed by atoms with Gasteiger partial charge in [-0.25, -0.2) is 4.39 Å². The van der Waals surface area contributed by atoms with Gasteiger partial charge in [-0.2, -0.15) is 0 Å². The number of para-hydroxylation sites is 1. The zero-order chi connectivity index (χ0) is 14.5. The summed E-state index contributed by atoms with van der Waals surface area (Å²) in [5.74, 6) is 0.466. The van der Waals surface area contributed by atoms with Gasteiger partial charge < -0.3 is 10.1 Å². The van der Waals surface area contributed by atoms with E-state index in [1.165, 1.54) is 6.07 Å². The first-order valence-corrected chi connectivity index (χ1v) is 6.81. The first kappa shape index (κ1) is 14.7. The highest BCUT2D eigenvalue weighted by atomic mass is 35.5. The van der Waals surface area contributed by atoms with Gasteiger partial charge in [-0.1, -0.05) is 29.8 Å². The third-order valence-electron chi connectivity index (χ3n) is 3.05. The van der Waals surface area contributed by atoms with E-state index in [9.17, 15) is 4.39 Å². The van der Waals surface area contributed by atoms with Crippen molar-refractivity contribution in [1.82, 2.24) is 0 Å². The highest BCUT2D eigenvalue weighted by Crippen LogP contribution is 2.22. The molecule has 4 heteroatoms. The molecule has 0 radical (unpaired) electrons. The van der Waals surface area contributed by atoms with E-state index in [4.69, 9.17) is 16.3 Å². The molecule has 0 aliphatic carbocycles. The summed E-state index contributed by atoms with van der Waals surface area (Å²) in [6, 6.07) is 12.7. The molecule has 2 aromatic carbocycles. The Bertz CT molecular complexity index is 588. The Morgan fingerprint density at radius 3 is 2.70 bits per heavy atom. The van der Waals surface area contributed by atoms with Crippen LogP contribution in [-0.2, 0) is 6.42 Å². The number of hydrogen-bond acceptors (Lipinski definition) is 2. The molecule has 0 heterocycles. The predicted molar refractivity (Wildman–Crippen MR) is 81.2 cm³/mol. The topological polar surface area (TPSA) is 21.3 Å². The van der Waals surface area contributed by atoms with Crippen molar-refractivity contribution in [3.63, 3.8) is 0 Å². The summed E-state index contributed by atoms with van der Waals surface area (Å²) in [6.45, 7) is 2.06. The Labute approximate surface area is 123 Å². The van der Waals surface area contributed by atoms with E-state index in [1.807, 2.05) is 24.3 Å². The van der Waals surface area contributed by atoms with Crippen LogP contribution in [0.5, 0.6) is 5.75 Å². The monoisotopic (exact) mass is 293 g/mol. The Morgan fingerprint density at radius 1 is 1.25 bits per heavy atom. The summed E-state index contributed by atoms with van der Waals surface area (Å²) in [5, 5.41) is 3.43. The first-order chi connectivity index (χ1) is 9.60. The SMILES string of the molecule is COc1ccccc1CC(C)Nc1ccc(F)c(Cl)c1. The minimum atomic E-state index is -0.408. The largest absolute Gasteiger partial charge is 0.496 e. The van der Waals surface area contributed by atoms with Gasteiger partial charge in [-0.3, -0.25) is 0 Å². The molecule has 0 saturated heterocycles. The number of rotatable bonds is 5. The van der Waals surface area contributed by atoms with Crippen LogP contribution in [-0.4, -0.2) is 13.2 Å². The van der Waals surface area contributed by atoms with Crippen molar-refractivity contribution in [2.75, 3.05) is 12.4 Å².